The third-order valence-electron chi connectivity index (χ3n) is 4.35. The molecule has 1 aliphatic carbocycles. The Morgan fingerprint density at radius 3 is 2.25 bits per heavy atom. The molecule has 0 saturated carbocycles. The standard InChI is InChI=1S/C20H22N2O2/c1-22(2)13-7-12-21-18-14-8-3-4-9-15(14)19(23)16-10-5-6-11-17(16)20(18)24/h3-6,8-11,18,21H,7,12-13H2,1-2H3. The predicted octanol–water partition coefficient (Wildman–Crippen LogP) is 2.70. The van der Waals surface area contributed by atoms with Crippen LogP contribution < -0.4 is 5.32 Å². The molecule has 2 aromatic rings. The van der Waals surface area contributed by atoms with E-state index in [1.54, 1.807) is 18.2 Å². The van der Waals surface area contributed by atoms with Gasteiger partial charge in [0, 0.05) is 16.7 Å². The SMILES string of the molecule is CN(C)CCCNC1C(=O)c2ccccc2C(=O)c2ccccc21. The van der Waals surface area contributed by atoms with Crippen LogP contribution in [0.2, 0.25) is 0 Å². The largest absolute Gasteiger partial charge is 0.309 e. The molecule has 0 spiro atoms. The maximum atomic E-state index is 13.0. The van der Waals surface area contributed by atoms with Crippen molar-refractivity contribution in [1.82, 2.24) is 10.2 Å². The van der Waals surface area contributed by atoms with Crippen molar-refractivity contribution >= 4 is 11.6 Å². The minimum Gasteiger partial charge on any atom is -0.309 e. The molecule has 0 bridgehead atoms. The molecule has 2 aromatic carbocycles. The van der Waals surface area contributed by atoms with Crippen molar-refractivity contribution in [2.24, 2.45) is 0 Å². The zero-order valence-electron chi connectivity index (χ0n) is 14.1. The number of rotatable bonds is 5. The summed E-state index contributed by atoms with van der Waals surface area (Å²) in [4.78, 5) is 28.0. The molecule has 0 saturated heterocycles. The van der Waals surface area contributed by atoms with Crippen LogP contribution in [0.4, 0.5) is 0 Å². The number of hydrogen-bond acceptors (Lipinski definition) is 4. The van der Waals surface area contributed by atoms with Gasteiger partial charge in [-0.2, -0.15) is 0 Å². The van der Waals surface area contributed by atoms with Crippen LogP contribution in [-0.4, -0.2) is 43.7 Å². The molecule has 0 radical (unpaired) electrons. The number of carbonyl (C=O) groups is 2. The van der Waals surface area contributed by atoms with Gasteiger partial charge in [-0.3, -0.25) is 9.59 Å². The topological polar surface area (TPSA) is 49.4 Å². The van der Waals surface area contributed by atoms with Crippen LogP contribution in [0.5, 0.6) is 0 Å². The summed E-state index contributed by atoms with van der Waals surface area (Å²) in [7, 11) is 4.06. The molecule has 0 heterocycles. The maximum absolute atomic E-state index is 13.0. The molecule has 4 nitrogen and oxygen atoms in total. The average molecular weight is 322 g/mol. The van der Waals surface area contributed by atoms with Gasteiger partial charge in [0.05, 0.1) is 6.04 Å². The second-order valence-electron chi connectivity index (χ2n) is 6.37. The van der Waals surface area contributed by atoms with Gasteiger partial charge in [-0.15, -0.1) is 0 Å². The summed E-state index contributed by atoms with van der Waals surface area (Å²) in [5, 5.41) is 3.36. The molecule has 0 aliphatic heterocycles. The highest BCUT2D eigenvalue weighted by Gasteiger charge is 2.32. The molecule has 24 heavy (non-hydrogen) atoms. The summed E-state index contributed by atoms with van der Waals surface area (Å²) in [6.45, 7) is 1.67. The molecule has 0 amide bonds. The van der Waals surface area contributed by atoms with Crippen LogP contribution >= 0.6 is 0 Å². The van der Waals surface area contributed by atoms with E-state index >= 15 is 0 Å². The van der Waals surface area contributed by atoms with E-state index in [9.17, 15) is 9.59 Å². The Hall–Kier alpha value is -2.30. The number of carbonyl (C=O) groups excluding carboxylic acids is 2. The van der Waals surface area contributed by atoms with Crippen molar-refractivity contribution in [1.29, 1.82) is 0 Å². The average Bonchev–Trinajstić information content (AvgIpc) is 2.68. The van der Waals surface area contributed by atoms with Crippen molar-refractivity contribution in [3.63, 3.8) is 0 Å². The van der Waals surface area contributed by atoms with E-state index in [0.717, 1.165) is 25.1 Å². The minimum atomic E-state index is -0.476. The Kier molecular flexibility index (Phi) is 4.88. The van der Waals surface area contributed by atoms with E-state index in [2.05, 4.69) is 10.2 Å². The number of ketones is 2. The molecule has 0 fully saturated rings. The van der Waals surface area contributed by atoms with Gasteiger partial charge in [0.15, 0.2) is 11.6 Å². The van der Waals surface area contributed by atoms with Crippen molar-refractivity contribution < 1.29 is 9.59 Å². The van der Waals surface area contributed by atoms with Gasteiger partial charge in [-0.25, -0.2) is 0 Å². The van der Waals surface area contributed by atoms with E-state index in [1.807, 2.05) is 44.4 Å². The summed E-state index contributed by atoms with van der Waals surface area (Å²) in [5.41, 5.74) is 2.38. The zero-order valence-corrected chi connectivity index (χ0v) is 14.1. The molecular weight excluding hydrogens is 300 g/mol. The van der Waals surface area contributed by atoms with Crippen LogP contribution in [0.25, 0.3) is 0 Å². The van der Waals surface area contributed by atoms with Crippen LogP contribution in [-0.2, 0) is 0 Å². The first-order valence-electron chi connectivity index (χ1n) is 8.24. The molecule has 1 unspecified atom stereocenters. The lowest BCUT2D eigenvalue weighted by Gasteiger charge is -2.19. The Morgan fingerprint density at radius 1 is 0.917 bits per heavy atom. The van der Waals surface area contributed by atoms with Gasteiger partial charge in [0.25, 0.3) is 0 Å². The van der Waals surface area contributed by atoms with Crippen LogP contribution in [0, 0.1) is 0 Å². The first-order valence-corrected chi connectivity index (χ1v) is 8.24. The van der Waals surface area contributed by atoms with Gasteiger partial charge < -0.3 is 10.2 Å². The molecule has 1 atom stereocenters. The van der Waals surface area contributed by atoms with Crippen LogP contribution in [0.1, 0.15) is 44.3 Å². The fourth-order valence-corrected chi connectivity index (χ4v) is 3.14. The number of Topliss-reactive ketones (excluding diaryl/α,β-unsaturated/α-hetero) is 1. The van der Waals surface area contributed by atoms with Gasteiger partial charge in [0.2, 0.25) is 0 Å². The number of benzene rings is 2. The highest BCUT2D eigenvalue weighted by molar-refractivity contribution is 6.20. The number of nitrogens with zero attached hydrogens (tertiary/aromatic N) is 1. The molecular formula is C20H22N2O2. The maximum Gasteiger partial charge on any atom is 0.194 e. The smallest absolute Gasteiger partial charge is 0.194 e. The number of fused-ring (bicyclic) bond motifs is 2. The Morgan fingerprint density at radius 2 is 1.54 bits per heavy atom. The summed E-state index contributed by atoms with van der Waals surface area (Å²) < 4.78 is 0. The Labute approximate surface area is 142 Å². The van der Waals surface area contributed by atoms with E-state index < -0.39 is 6.04 Å². The molecule has 124 valence electrons. The Balaban J connectivity index is 1.97. The van der Waals surface area contributed by atoms with Gasteiger partial charge >= 0.3 is 0 Å². The fourth-order valence-electron chi connectivity index (χ4n) is 3.14. The lowest BCUT2D eigenvalue weighted by atomic mass is 9.97. The Bertz CT molecular complexity index is 768. The zero-order chi connectivity index (χ0) is 17.1. The first-order chi connectivity index (χ1) is 11.6. The molecule has 1 aliphatic rings. The second-order valence-corrected chi connectivity index (χ2v) is 6.37. The van der Waals surface area contributed by atoms with Crippen molar-refractivity contribution in [2.75, 3.05) is 27.2 Å². The van der Waals surface area contributed by atoms with Crippen LogP contribution in [0.3, 0.4) is 0 Å². The van der Waals surface area contributed by atoms with Crippen LogP contribution in [0.15, 0.2) is 48.5 Å². The summed E-state index contributed by atoms with van der Waals surface area (Å²) in [6.07, 6.45) is 0.939. The third-order valence-corrected chi connectivity index (χ3v) is 4.35. The molecule has 1 N–H and O–H groups in total. The third kappa shape index (κ3) is 3.16. The lowest BCUT2D eigenvalue weighted by Crippen LogP contribution is -2.31. The quantitative estimate of drug-likeness (QED) is 0.860. The highest BCUT2D eigenvalue weighted by atomic mass is 16.1. The number of nitrogens with one attached hydrogen (secondary N) is 1. The van der Waals surface area contributed by atoms with Gasteiger partial charge in [0.1, 0.15) is 0 Å². The van der Waals surface area contributed by atoms with E-state index in [1.165, 1.54) is 0 Å². The number of hydrogen-bond donors (Lipinski definition) is 1. The fraction of sp³-hybridized carbons (Fsp3) is 0.300. The van der Waals surface area contributed by atoms with Crippen molar-refractivity contribution in [3.05, 3.63) is 70.8 Å². The lowest BCUT2D eigenvalue weighted by molar-refractivity contribution is 0.0940. The van der Waals surface area contributed by atoms with Crippen molar-refractivity contribution in [2.45, 2.75) is 12.5 Å². The monoisotopic (exact) mass is 322 g/mol. The van der Waals surface area contributed by atoms with Gasteiger partial charge in [-0.1, -0.05) is 48.5 Å². The molecule has 4 heteroatoms. The molecule has 3 rings (SSSR count). The van der Waals surface area contributed by atoms with Gasteiger partial charge in [-0.05, 0) is 39.2 Å². The first kappa shape index (κ1) is 16.6. The summed E-state index contributed by atoms with van der Waals surface area (Å²) >= 11 is 0. The minimum absolute atomic E-state index is 0.0336. The van der Waals surface area contributed by atoms with E-state index in [4.69, 9.17) is 0 Å². The summed E-state index contributed by atoms with van der Waals surface area (Å²) in [5.74, 6) is -0.110. The molecule has 0 aromatic heterocycles. The van der Waals surface area contributed by atoms with Crippen molar-refractivity contribution in [3.8, 4) is 0 Å². The van der Waals surface area contributed by atoms with E-state index in [-0.39, 0.29) is 11.6 Å². The predicted molar refractivity (Wildman–Crippen MR) is 94.6 cm³/mol. The normalized spacial score (nSPS) is 16.7. The second kappa shape index (κ2) is 7.07. The van der Waals surface area contributed by atoms with E-state index in [0.29, 0.717) is 16.7 Å². The summed E-state index contributed by atoms with van der Waals surface area (Å²) in [6, 6.07) is 14.0. The highest BCUT2D eigenvalue weighted by Crippen LogP contribution is 2.30.